The van der Waals surface area contributed by atoms with Gasteiger partial charge >= 0.3 is 0 Å². The van der Waals surface area contributed by atoms with Crippen molar-refractivity contribution in [2.24, 2.45) is 0 Å². The molecule has 0 aliphatic carbocycles. The van der Waals surface area contributed by atoms with Crippen molar-refractivity contribution in [1.29, 1.82) is 0 Å². The summed E-state index contributed by atoms with van der Waals surface area (Å²) in [5, 5.41) is 10.5. The predicted molar refractivity (Wildman–Crippen MR) is 96.7 cm³/mol. The van der Waals surface area contributed by atoms with Crippen molar-refractivity contribution in [3.63, 3.8) is 0 Å². The summed E-state index contributed by atoms with van der Waals surface area (Å²) in [5.41, 5.74) is 3.08. The highest BCUT2D eigenvalue weighted by atomic mass is 16.5. The van der Waals surface area contributed by atoms with E-state index in [4.69, 9.17) is 4.74 Å². The molecule has 0 unspecified atom stereocenters. The molecule has 6 nitrogen and oxygen atoms in total. The summed E-state index contributed by atoms with van der Waals surface area (Å²) in [6, 6.07) is 13.1. The number of para-hydroxylation sites is 1. The molecule has 1 heterocycles. The Morgan fingerprint density at radius 2 is 2.04 bits per heavy atom. The van der Waals surface area contributed by atoms with E-state index in [1.54, 1.807) is 30.1 Å². The van der Waals surface area contributed by atoms with Crippen molar-refractivity contribution in [3.8, 4) is 5.75 Å². The van der Waals surface area contributed by atoms with Gasteiger partial charge in [-0.2, -0.15) is 15.4 Å². The minimum absolute atomic E-state index is 0.0760. The van der Waals surface area contributed by atoms with E-state index in [0.717, 1.165) is 23.3 Å². The zero-order valence-electron chi connectivity index (χ0n) is 14.1. The van der Waals surface area contributed by atoms with Crippen LogP contribution < -0.4 is 4.74 Å². The Balaban J connectivity index is 1.59. The summed E-state index contributed by atoms with van der Waals surface area (Å²) >= 11 is 0. The van der Waals surface area contributed by atoms with E-state index in [1.807, 2.05) is 30.3 Å². The van der Waals surface area contributed by atoms with Crippen LogP contribution in [0.3, 0.4) is 0 Å². The molecule has 128 valence electrons. The number of ether oxygens (including phenoxy) is 1. The number of benzene rings is 2. The molecule has 3 rings (SSSR count). The lowest BCUT2D eigenvalue weighted by atomic mass is 10.1. The fourth-order valence-corrected chi connectivity index (χ4v) is 2.56. The number of amides is 1. The maximum Gasteiger partial charge on any atom is 0.253 e. The molecule has 0 atom stereocenters. The number of carbonyl (C=O) groups excluding carboxylic acids is 1. The molecule has 0 radical (unpaired) electrons. The number of aromatic amines is 1. The van der Waals surface area contributed by atoms with Crippen molar-refractivity contribution in [2.75, 3.05) is 20.2 Å². The average molecular weight is 336 g/mol. The third kappa shape index (κ3) is 3.85. The van der Waals surface area contributed by atoms with Crippen LogP contribution in [0.5, 0.6) is 5.75 Å². The summed E-state index contributed by atoms with van der Waals surface area (Å²) in [5.74, 6) is 0.750. The van der Waals surface area contributed by atoms with Crippen molar-refractivity contribution >= 4 is 16.9 Å². The van der Waals surface area contributed by atoms with Crippen molar-refractivity contribution in [1.82, 2.24) is 20.3 Å². The number of nitrogens with zero attached hydrogens (tertiary/aromatic N) is 3. The van der Waals surface area contributed by atoms with Gasteiger partial charge in [-0.1, -0.05) is 24.3 Å². The van der Waals surface area contributed by atoms with Gasteiger partial charge in [0.15, 0.2) is 0 Å². The van der Waals surface area contributed by atoms with Crippen LogP contribution in [0.25, 0.3) is 11.0 Å². The molecule has 0 spiro atoms. The Kier molecular flexibility index (Phi) is 5.09. The van der Waals surface area contributed by atoms with E-state index in [2.05, 4.69) is 22.0 Å². The van der Waals surface area contributed by atoms with Crippen LogP contribution in [0.4, 0.5) is 0 Å². The van der Waals surface area contributed by atoms with Gasteiger partial charge in [0.05, 0.1) is 6.54 Å². The number of nitrogens with one attached hydrogen (secondary N) is 1. The van der Waals surface area contributed by atoms with E-state index in [-0.39, 0.29) is 5.91 Å². The summed E-state index contributed by atoms with van der Waals surface area (Å²) < 4.78 is 5.84. The number of allylic oxidation sites excluding steroid dienone is 1. The summed E-state index contributed by atoms with van der Waals surface area (Å²) in [6.07, 6.45) is 2.60. The van der Waals surface area contributed by atoms with Crippen LogP contribution in [0, 0.1) is 0 Å². The molecule has 1 amide bonds. The molecule has 25 heavy (non-hydrogen) atoms. The van der Waals surface area contributed by atoms with E-state index >= 15 is 0 Å². The highest BCUT2D eigenvalue weighted by molar-refractivity contribution is 5.97. The van der Waals surface area contributed by atoms with Gasteiger partial charge in [0, 0.05) is 12.6 Å². The molecule has 1 N–H and O–H groups in total. The Morgan fingerprint density at radius 1 is 1.24 bits per heavy atom. The number of carbonyl (C=O) groups is 1. The van der Waals surface area contributed by atoms with Crippen LogP contribution in [-0.2, 0) is 6.42 Å². The first-order valence-corrected chi connectivity index (χ1v) is 8.06. The molecule has 0 saturated heterocycles. The van der Waals surface area contributed by atoms with Gasteiger partial charge in [-0.3, -0.25) is 4.79 Å². The molecule has 0 aliphatic heterocycles. The van der Waals surface area contributed by atoms with E-state index in [0.29, 0.717) is 24.2 Å². The Morgan fingerprint density at radius 3 is 2.88 bits per heavy atom. The lowest BCUT2D eigenvalue weighted by molar-refractivity contribution is 0.0774. The smallest absolute Gasteiger partial charge is 0.253 e. The van der Waals surface area contributed by atoms with Crippen LogP contribution in [-0.4, -0.2) is 46.4 Å². The SMILES string of the molecule is C=CCc1ccccc1OCCN(C)C(=O)c1ccc2n[nH]nc2c1. The first-order chi connectivity index (χ1) is 12.2. The largest absolute Gasteiger partial charge is 0.491 e. The van der Waals surface area contributed by atoms with Gasteiger partial charge in [-0.15, -0.1) is 6.58 Å². The monoisotopic (exact) mass is 336 g/mol. The normalized spacial score (nSPS) is 10.6. The van der Waals surface area contributed by atoms with E-state index in [9.17, 15) is 4.79 Å². The molecule has 6 heteroatoms. The highest BCUT2D eigenvalue weighted by Gasteiger charge is 2.13. The first-order valence-electron chi connectivity index (χ1n) is 8.06. The molecule has 0 saturated carbocycles. The topological polar surface area (TPSA) is 71.1 Å². The van der Waals surface area contributed by atoms with Gasteiger partial charge in [0.1, 0.15) is 23.4 Å². The lowest BCUT2D eigenvalue weighted by Gasteiger charge is -2.18. The van der Waals surface area contributed by atoms with Crippen LogP contribution in [0.1, 0.15) is 15.9 Å². The summed E-state index contributed by atoms with van der Waals surface area (Å²) in [6.45, 7) is 4.66. The number of rotatable bonds is 7. The third-order valence-corrected chi connectivity index (χ3v) is 3.93. The standard InChI is InChI=1S/C19H20N4O2/c1-3-6-14-7-4-5-8-18(14)25-12-11-23(2)19(24)15-9-10-16-17(13-15)21-22-20-16/h3-5,7-10,13H,1,6,11-12H2,2H3,(H,20,21,22). The van der Waals surface area contributed by atoms with Gasteiger partial charge in [0.25, 0.3) is 5.91 Å². The molecule has 0 bridgehead atoms. The van der Waals surface area contributed by atoms with Gasteiger partial charge < -0.3 is 9.64 Å². The Hall–Kier alpha value is -3.15. The maximum absolute atomic E-state index is 12.5. The second-order valence-corrected chi connectivity index (χ2v) is 5.70. The molecule has 2 aromatic carbocycles. The first kappa shape index (κ1) is 16.7. The number of likely N-dealkylation sites (N-methyl/N-ethyl adjacent to an activating group) is 1. The lowest BCUT2D eigenvalue weighted by Crippen LogP contribution is -2.30. The molecular weight excluding hydrogens is 316 g/mol. The number of aromatic nitrogens is 3. The van der Waals surface area contributed by atoms with Crippen LogP contribution >= 0.6 is 0 Å². The average Bonchev–Trinajstić information content (AvgIpc) is 3.10. The summed E-state index contributed by atoms with van der Waals surface area (Å²) in [4.78, 5) is 14.2. The number of H-pyrrole nitrogens is 1. The van der Waals surface area contributed by atoms with Crippen molar-refractivity contribution < 1.29 is 9.53 Å². The minimum Gasteiger partial charge on any atom is -0.491 e. The Labute approximate surface area is 146 Å². The zero-order chi connectivity index (χ0) is 17.6. The van der Waals surface area contributed by atoms with E-state index < -0.39 is 0 Å². The van der Waals surface area contributed by atoms with Crippen molar-refractivity contribution in [3.05, 3.63) is 66.2 Å². The predicted octanol–water partition coefficient (Wildman–Crippen LogP) is 2.84. The number of hydrogen-bond donors (Lipinski definition) is 1. The van der Waals surface area contributed by atoms with Gasteiger partial charge in [-0.05, 0) is 36.2 Å². The zero-order valence-corrected chi connectivity index (χ0v) is 14.1. The van der Waals surface area contributed by atoms with Gasteiger partial charge in [-0.25, -0.2) is 0 Å². The molecule has 0 aliphatic rings. The Bertz CT molecular complexity index is 888. The van der Waals surface area contributed by atoms with E-state index in [1.165, 1.54) is 0 Å². The molecule has 3 aromatic rings. The second kappa shape index (κ2) is 7.61. The van der Waals surface area contributed by atoms with Crippen LogP contribution in [0.2, 0.25) is 0 Å². The van der Waals surface area contributed by atoms with Crippen molar-refractivity contribution in [2.45, 2.75) is 6.42 Å². The maximum atomic E-state index is 12.5. The quantitative estimate of drug-likeness (QED) is 0.674. The second-order valence-electron chi connectivity index (χ2n) is 5.70. The summed E-state index contributed by atoms with van der Waals surface area (Å²) in [7, 11) is 1.76. The fraction of sp³-hybridized carbons (Fsp3) is 0.211. The number of fused-ring (bicyclic) bond motifs is 1. The fourth-order valence-electron chi connectivity index (χ4n) is 2.56. The van der Waals surface area contributed by atoms with Gasteiger partial charge in [0.2, 0.25) is 0 Å². The van der Waals surface area contributed by atoms with Crippen LogP contribution in [0.15, 0.2) is 55.1 Å². The third-order valence-electron chi connectivity index (χ3n) is 3.93. The minimum atomic E-state index is -0.0760. The molecule has 1 aromatic heterocycles. The highest BCUT2D eigenvalue weighted by Crippen LogP contribution is 2.19. The molecule has 0 fully saturated rings. The molecular formula is C19H20N4O2. The number of hydrogen-bond acceptors (Lipinski definition) is 4.